The van der Waals surface area contributed by atoms with E-state index in [0.717, 1.165) is 11.1 Å². The number of nitrogens with zero attached hydrogens (tertiary/aromatic N) is 2. The monoisotopic (exact) mass is 218 g/mol. The summed E-state index contributed by atoms with van der Waals surface area (Å²) in [7, 11) is 3.96. The average molecular weight is 218 g/mol. The third-order valence-electron chi connectivity index (χ3n) is 3.19. The van der Waals surface area contributed by atoms with E-state index >= 15 is 0 Å². The van der Waals surface area contributed by atoms with E-state index in [1.54, 1.807) is 0 Å². The van der Waals surface area contributed by atoms with Crippen LogP contribution in [0, 0.1) is 0 Å². The first-order valence-corrected chi connectivity index (χ1v) is 5.51. The van der Waals surface area contributed by atoms with Crippen LogP contribution in [0.15, 0.2) is 36.7 Å². The molecule has 0 radical (unpaired) electrons. The first kappa shape index (κ1) is 11.2. The number of pyridine rings is 1. The molecule has 86 valence electrons. The molecule has 0 aromatic carbocycles. The van der Waals surface area contributed by atoms with Crippen molar-refractivity contribution in [3.63, 3.8) is 0 Å². The molecule has 0 spiro atoms. The molecule has 2 heterocycles. The molecular weight excluding hydrogens is 200 g/mol. The van der Waals surface area contributed by atoms with Crippen LogP contribution in [-0.2, 0) is 0 Å². The second-order valence-corrected chi connectivity index (χ2v) is 4.41. The van der Waals surface area contributed by atoms with Crippen molar-refractivity contribution >= 4 is 5.52 Å². The molecule has 0 saturated carbocycles. The number of fused-ring (bicyclic) bond motifs is 1. The predicted octanol–water partition coefficient (Wildman–Crippen LogP) is 1.92. The summed E-state index contributed by atoms with van der Waals surface area (Å²) in [6, 6.07) is 8.09. The molecule has 0 saturated heterocycles. The van der Waals surface area contributed by atoms with Crippen LogP contribution in [0.1, 0.15) is 18.6 Å². The topological polar surface area (TPSA) is 27.9 Å². The minimum atomic E-state index is -0.456. The van der Waals surface area contributed by atoms with Crippen molar-refractivity contribution in [3.05, 3.63) is 42.2 Å². The fourth-order valence-corrected chi connectivity index (χ4v) is 1.87. The predicted molar refractivity (Wildman–Crippen MR) is 65.5 cm³/mol. The molecule has 0 fully saturated rings. The van der Waals surface area contributed by atoms with Crippen LogP contribution in [0.2, 0.25) is 0 Å². The van der Waals surface area contributed by atoms with Gasteiger partial charge in [-0.3, -0.25) is 0 Å². The van der Waals surface area contributed by atoms with E-state index < -0.39 is 6.10 Å². The number of aliphatic hydroxyl groups excluding tert-OH is 1. The quantitative estimate of drug-likeness (QED) is 0.852. The van der Waals surface area contributed by atoms with Gasteiger partial charge in [0.1, 0.15) is 0 Å². The van der Waals surface area contributed by atoms with Gasteiger partial charge in [0.05, 0.1) is 11.6 Å². The van der Waals surface area contributed by atoms with Gasteiger partial charge < -0.3 is 14.4 Å². The van der Waals surface area contributed by atoms with Crippen LogP contribution in [0.5, 0.6) is 0 Å². The summed E-state index contributed by atoms with van der Waals surface area (Å²) >= 11 is 0. The highest BCUT2D eigenvalue weighted by molar-refractivity contribution is 5.56. The molecule has 0 aliphatic carbocycles. The Bertz CT molecular complexity index is 475. The van der Waals surface area contributed by atoms with E-state index in [-0.39, 0.29) is 6.04 Å². The Morgan fingerprint density at radius 1 is 1.19 bits per heavy atom. The fraction of sp³-hybridized carbons (Fsp3) is 0.385. The van der Waals surface area contributed by atoms with Gasteiger partial charge in [0, 0.05) is 24.0 Å². The molecule has 0 amide bonds. The second kappa shape index (κ2) is 4.28. The van der Waals surface area contributed by atoms with Crippen LogP contribution in [0.4, 0.5) is 0 Å². The summed E-state index contributed by atoms with van der Waals surface area (Å²) in [6.45, 7) is 2.02. The lowest BCUT2D eigenvalue weighted by Crippen LogP contribution is -2.30. The number of likely N-dealkylation sites (N-methyl/N-ethyl adjacent to an activating group) is 1. The first-order valence-electron chi connectivity index (χ1n) is 5.51. The van der Waals surface area contributed by atoms with Crippen molar-refractivity contribution in [1.29, 1.82) is 0 Å². The summed E-state index contributed by atoms with van der Waals surface area (Å²) in [4.78, 5) is 2.02. The molecular formula is C13H18N2O. The minimum absolute atomic E-state index is 0.103. The fourth-order valence-electron chi connectivity index (χ4n) is 1.87. The number of rotatable bonds is 3. The van der Waals surface area contributed by atoms with Crippen molar-refractivity contribution in [2.24, 2.45) is 0 Å². The Morgan fingerprint density at radius 3 is 2.62 bits per heavy atom. The van der Waals surface area contributed by atoms with E-state index in [4.69, 9.17) is 0 Å². The van der Waals surface area contributed by atoms with E-state index in [1.165, 1.54) is 0 Å². The lowest BCUT2D eigenvalue weighted by atomic mass is 10.0. The lowest BCUT2D eigenvalue weighted by molar-refractivity contribution is 0.0870. The van der Waals surface area contributed by atoms with Gasteiger partial charge in [-0.05, 0) is 39.2 Å². The minimum Gasteiger partial charge on any atom is -0.387 e. The van der Waals surface area contributed by atoms with Gasteiger partial charge >= 0.3 is 0 Å². The molecule has 2 aromatic heterocycles. The molecule has 2 unspecified atom stereocenters. The molecule has 1 N–H and O–H groups in total. The van der Waals surface area contributed by atoms with E-state index in [1.807, 2.05) is 67.0 Å². The largest absolute Gasteiger partial charge is 0.387 e. The molecule has 0 aliphatic heterocycles. The number of aliphatic hydroxyl groups is 1. The van der Waals surface area contributed by atoms with Crippen LogP contribution in [-0.4, -0.2) is 34.5 Å². The molecule has 3 nitrogen and oxygen atoms in total. The van der Waals surface area contributed by atoms with Gasteiger partial charge in [-0.2, -0.15) is 0 Å². The van der Waals surface area contributed by atoms with Gasteiger partial charge in [-0.25, -0.2) is 0 Å². The highest BCUT2D eigenvalue weighted by Crippen LogP contribution is 2.24. The maximum absolute atomic E-state index is 10.3. The molecule has 3 heteroatoms. The average Bonchev–Trinajstić information content (AvgIpc) is 2.70. The standard InChI is InChI=1S/C13H18N2O/c1-10(14(2)3)13(16)11-7-9-15-8-5-4-6-12(11)15/h4-10,13,16H,1-3H3. The van der Waals surface area contributed by atoms with Crippen LogP contribution in [0.25, 0.3) is 5.52 Å². The lowest BCUT2D eigenvalue weighted by Gasteiger charge is -2.25. The highest BCUT2D eigenvalue weighted by Gasteiger charge is 2.20. The zero-order valence-corrected chi connectivity index (χ0v) is 9.96. The summed E-state index contributed by atoms with van der Waals surface area (Å²) < 4.78 is 2.03. The van der Waals surface area contributed by atoms with Crippen LogP contribution in [0.3, 0.4) is 0 Å². The zero-order valence-electron chi connectivity index (χ0n) is 9.96. The third kappa shape index (κ3) is 1.84. The van der Waals surface area contributed by atoms with Gasteiger partial charge in [0.2, 0.25) is 0 Å². The normalized spacial score (nSPS) is 15.6. The Morgan fingerprint density at radius 2 is 1.94 bits per heavy atom. The molecule has 0 aliphatic rings. The van der Waals surface area contributed by atoms with Crippen molar-refractivity contribution in [3.8, 4) is 0 Å². The Hall–Kier alpha value is -1.32. The highest BCUT2D eigenvalue weighted by atomic mass is 16.3. The SMILES string of the molecule is CC(C(O)c1ccn2ccccc12)N(C)C. The van der Waals surface area contributed by atoms with E-state index in [2.05, 4.69) is 0 Å². The second-order valence-electron chi connectivity index (χ2n) is 4.41. The zero-order chi connectivity index (χ0) is 11.7. The van der Waals surface area contributed by atoms with Crippen LogP contribution < -0.4 is 0 Å². The number of aromatic nitrogens is 1. The molecule has 2 atom stereocenters. The summed E-state index contributed by atoms with van der Waals surface area (Å²) in [6.07, 6.45) is 3.52. The molecule has 0 bridgehead atoms. The van der Waals surface area contributed by atoms with Gasteiger partial charge in [0.15, 0.2) is 0 Å². The van der Waals surface area contributed by atoms with Crippen molar-refractivity contribution < 1.29 is 5.11 Å². The van der Waals surface area contributed by atoms with Gasteiger partial charge in [-0.1, -0.05) is 6.07 Å². The number of hydrogen-bond acceptors (Lipinski definition) is 2. The smallest absolute Gasteiger partial charge is 0.0962 e. The Balaban J connectivity index is 2.40. The van der Waals surface area contributed by atoms with Crippen molar-refractivity contribution in [2.75, 3.05) is 14.1 Å². The first-order chi connectivity index (χ1) is 7.61. The molecule has 2 aromatic rings. The van der Waals surface area contributed by atoms with E-state index in [9.17, 15) is 5.11 Å². The van der Waals surface area contributed by atoms with Crippen LogP contribution >= 0.6 is 0 Å². The Kier molecular flexibility index (Phi) is 2.99. The van der Waals surface area contributed by atoms with Gasteiger partial charge in [0.25, 0.3) is 0 Å². The number of hydrogen-bond donors (Lipinski definition) is 1. The molecule has 2 rings (SSSR count). The summed E-state index contributed by atoms with van der Waals surface area (Å²) in [5, 5.41) is 10.3. The third-order valence-corrected chi connectivity index (χ3v) is 3.19. The summed E-state index contributed by atoms with van der Waals surface area (Å²) in [5.41, 5.74) is 2.06. The molecule has 16 heavy (non-hydrogen) atoms. The maximum Gasteiger partial charge on any atom is 0.0962 e. The van der Waals surface area contributed by atoms with E-state index in [0.29, 0.717) is 0 Å². The van der Waals surface area contributed by atoms with Crippen molar-refractivity contribution in [1.82, 2.24) is 9.30 Å². The Labute approximate surface area is 95.9 Å². The van der Waals surface area contributed by atoms with Crippen molar-refractivity contribution in [2.45, 2.75) is 19.1 Å². The summed E-state index contributed by atoms with van der Waals surface area (Å²) in [5.74, 6) is 0. The maximum atomic E-state index is 10.3. The van der Waals surface area contributed by atoms with Gasteiger partial charge in [-0.15, -0.1) is 0 Å².